The predicted molar refractivity (Wildman–Crippen MR) is 128 cm³/mol. The van der Waals surface area contributed by atoms with E-state index in [1.165, 1.54) is 11.6 Å². The van der Waals surface area contributed by atoms with Crippen molar-refractivity contribution in [3.63, 3.8) is 0 Å². The molecule has 0 saturated heterocycles. The van der Waals surface area contributed by atoms with Crippen molar-refractivity contribution in [1.82, 2.24) is 15.3 Å². The fourth-order valence-electron chi connectivity index (χ4n) is 3.44. The summed E-state index contributed by atoms with van der Waals surface area (Å²) in [6.45, 7) is 1.42. The highest BCUT2D eigenvalue weighted by Gasteiger charge is 2.42. The first-order chi connectivity index (χ1) is 15.5. The second-order valence-corrected chi connectivity index (χ2v) is 8.79. The van der Waals surface area contributed by atoms with E-state index in [-0.39, 0.29) is 6.04 Å². The van der Waals surface area contributed by atoms with Crippen LogP contribution >= 0.6 is 35.1 Å². The number of likely N-dealkylation sites (N-methyl/N-ethyl adjacent to an activating group) is 1. The van der Waals surface area contributed by atoms with Gasteiger partial charge in [0.1, 0.15) is 17.6 Å². The fourth-order valence-corrected chi connectivity index (χ4v) is 4.55. The second kappa shape index (κ2) is 11.5. The summed E-state index contributed by atoms with van der Waals surface area (Å²) in [5.41, 5.74) is 4.38. The minimum Gasteiger partial charge on any atom is -0.372 e. The highest BCUT2D eigenvalue weighted by atomic mass is 35.5. The van der Waals surface area contributed by atoms with E-state index < -0.39 is 5.91 Å². The number of rotatable bonds is 9. The molecule has 0 bridgehead atoms. The summed E-state index contributed by atoms with van der Waals surface area (Å²) in [6, 6.07) is 7.00. The molecular weight excluding hydrogens is 473 g/mol. The number of alkyl halides is 2. The molecule has 1 aromatic rings. The van der Waals surface area contributed by atoms with Crippen molar-refractivity contribution < 1.29 is 14.2 Å². The van der Waals surface area contributed by atoms with Gasteiger partial charge in [-0.25, -0.2) is 10.4 Å². The normalized spacial score (nSPS) is 17.6. The maximum absolute atomic E-state index is 12.9. The number of nitrogens with one attached hydrogen (secondary N) is 1. The van der Waals surface area contributed by atoms with Crippen molar-refractivity contribution in [3.05, 3.63) is 64.4 Å². The molecule has 2 N–H and O–H groups in total. The van der Waals surface area contributed by atoms with E-state index in [1.807, 2.05) is 24.1 Å². The molecule has 0 saturated carbocycles. The van der Waals surface area contributed by atoms with Gasteiger partial charge in [-0.1, -0.05) is 22.0 Å². The monoisotopic (exact) mass is 496 g/mol. The molecule has 1 heterocycles. The Kier molecular flexibility index (Phi) is 8.75. The third kappa shape index (κ3) is 5.92. The van der Waals surface area contributed by atoms with Crippen LogP contribution in [0.4, 0.5) is 0 Å². The minimum atomic E-state index is -0.613. The molecule has 8 nitrogen and oxygen atoms in total. The van der Waals surface area contributed by atoms with Gasteiger partial charge in [-0.2, -0.15) is 0 Å². The quantitative estimate of drug-likeness (QED) is 0.135. The minimum absolute atomic E-state index is 0.120. The Labute approximate surface area is 200 Å². The number of hydroxylamine groups is 1. The van der Waals surface area contributed by atoms with Gasteiger partial charge in [0.2, 0.25) is 0 Å². The van der Waals surface area contributed by atoms with E-state index in [0.29, 0.717) is 37.2 Å². The van der Waals surface area contributed by atoms with Crippen LogP contribution in [-0.4, -0.2) is 69.0 Å². The number of guanidine groups is 1. The SMILES string of the molecule is CN1C2=CC=C(N(CCCl)CCCl)CC2N=C1[N+](=O)Sc1ccc(C=CC(=O)NO)cc1. The summed E-state index contributed by atoms with van der Waals surface area (Å²) in [4.78, 5) is 33.3. The van der Waals surface area contributed by atoms with E-state index in [0.717, 1.165) is 38.0 Å². The third-order valence-electron chi connectivity index (χ3n) is 5.03. The first-order valence-corrected chi connectivity index (χ1v) is 11.8. The molecule has 1 aliphatic carbocycles. The van der Waals surface area contributed by atoms with E-state index in [9.17, 15) is 9.70 Å². The van der Waals surface area contributed by atoms with Crippen LogP contribution in [0.2, 0.25) is 0 Å². The van der Waals surface area contributed by atoms with Crippen LogP contribution in [0.1, 0.15) is 12.0 Å². The van der Waals surface area contributed by atoms with Gasteiger partial charge >= 0.3 is 5.96 Å². The number of halogens is 2. The largest absolute Gasteiger partial charge is 0.442 e. The molecule has 1 aliphatic heterocycles. The topological polar surface area (TPSA) is 88.2 Å². The zero-order valence-electron chi connectivity index (χ0n) is 17.4. The smallest absolute Gasteiger partial charge is 0.372 e. The van der Waals surface area contributed by atoms with Gasteiger partial charge in [0.15, 0.2) is 6.04 Å². The Morgan fingerprint density at radius 2 is 2.00 bits per heavy atom. The molecular formula is C21H24Cl2N5O3S+. The van der Waals surface area contributed by atoms with Crippen LogP contribution in [-0.2, 0) is 4.79 Å². The molecule has 2 aliphatic rings. The lowest BCUT2D eigenvalue weighted by molar-refractivity contribution is -0.241. The van der Waals surface area contributed by atoms with Crippen molar-refractivity contribution in [3.8, 4) is 0 Å². The number of aliphatic imine (C=N–C) groups is 1. The highest BCUT2D eigenvalue weighted by Crippen LogP contribution is 2.32. The number of carbonyl (C=O) groups excluding carboxylic acids is 1. The summed E-state index contributed by atoms with van der Waals surface area (Å²) in [6.07, 6.45) is 7.50. The van der Waals surface area contributed by atoms with Gasteiger partial charge in [0.05, 0.1) is 7.05 Å². The number of nitroso groups, excluding NO2 is 1. The Hall–Kier alpha value is -2.33. The van der Waals surface area contributed by atoms with E-state index >= 15 is 0 Å². The molecule has 1 amide bonds. The average molecular weight is 497 g/mol. The first-order valence-electron chi connectivity index (χ1n) is 9.93. The number of benzene rings is 1. The fraction of sp³-hybridized carbons (Fsp3) is 0.333. The number of hydrogen-bond donors (Lipinski definition) is 2. The standard InChI is InChI=1S/C21H23Cl2N5O3S/c1-26-19-8-5-16(27(12-10-22)13-11-23)14-18(19)24-21(26)28(31)32-17-6-2-15(3-7-17)4-9-20(29)25-30/h2-9,18H,10-14H2,1H3,(H-,24,25,29,30,31)/p+1. The number of fused-ring (bicyclic) bond motifs is 1. The van der Waals surface area contributed by atoms with Crippen LogP contribution in [0, 0.1) is 4.91 Å². The predicted octanol–water partition coefficient (Wildman–Crippen LogP) is 3.61. The summed E-state index contributed by atoms with van der Waals surface area (Å²) in [5, 5.41) is 8.52. The van der Waals surface area contributed by atoms with Gasteiger partial charge in [-0.3, -0.25) is 10.0 Å². The van der Waals surface area contributed by atoms with Crippen molar-refractivity contribution in [2.75, 3.05) is 31.9 Å². The lowest BCUT2D eigenvalue weighted by Gasteiger charge is -2.28. The Balaban J connectivity index is 1.66. The average Bonchev–Trinajstić information content (AvgIpc) is 3.14. The molecule has 11 heteroatoms. The Morgan fingerprint density at radius 1 is 1.31 bits per heavy atom. The molecule has 32 heavy (non-hydrogen) atoms. The van der Waals surface area contributed by atoms with Crippen LogP contribution in [0.3, 0.4) is 0 Å². The van der Waals surface area contributed by atoms with Gasteiger partial charge < -0.3 is 4.90 Å². The van der Waals surface area contributed by atoms with Crippen LogP contribution < -0.4 is 5.48 Å². The molecule has 0 radical (unpaired) electrons. The van der Waals surface area contributed by atoms with E-state index in [4.69, 9.17) is 28.4 Å². The summed E-state index contributed by atoms with van der Waals surface area (Å²) in [5.74, 6) is 0.750. The van der Waals surface area contributed by atoms with Crippen molar-refractivity contribution in [2.24, 2.45) is 4.99 Å². The van der Waals surface area contributed by atoms with Gasteiger partial charge in [0.25, 0.3) is 5.91 Å². The van der Waals surface area contributed by atoms with E-state index in [1.54, 1.807) is 30.3 Å². The molecule has 0 fully saturated rings. The number of carbonyl (C=O) groups is 1. The maximum atomic E-state index is 12.9. The maximum Gasteiger partial charge on any atom is 0.442 e. The molecule has 0 spiro atoms. The van der Waals surface area contributed by atoms with Crippen molar-refractivity contribution in [2.45, 2.75) is 17.4 Å². The second-order valence-electron chi connectivity index (χ2n) is 7.05. The Morgan fingerprint density at radius 3 is 2.62 bits per heavy atom. The summed E-state index contributed by atoms with van der Waals surface area (Å²) in [7, 11) is 1.84. The highest BCUT2D eigenvalue weighted by molar-refractivity contribution is 7.93. The van der Waals surface area contributed by atoms with Gasteiger partial charge in [-0.15, -0.1) is 23.2 Å². The first kappa shape index (κ1) is 24.3. The molecule has 1 atom stereocenters. The van der Waals surface area contributed by atoms with Crippen LogP contribution in [0.15, 0.2) is 63.8 Å². The van der Waals surface area contributed by atoms with Crippen LogP contribution in [0.25, 0.3) is 6.08 Å². The summed E-state index contributed by atoms with van der Waals surface area (Å²) < 4.78 is 0.804. The lowest BCUT2D eigenvalue weighted by atomic mass is 10.0. The molecule has 170 valence electrons. The molecule has 1 aromatic carbocycles. The lowest BCUT2D eigenvalue weighted by Crippen LogP contribution is -2.32. The number of amides is 1. The number of nitrogens with zero attached hydrogens (tertiary/aromatic N) is 4. The number of hydrogen-bond acceptors (Lipinski definition) is 7. The third-order valence-corrected chi connectivity index (χ3v) is 6.18. The molecule has 1 unspecified atom stereocenters. The summed E-state index contributed by atoms with van der Waals surface area (Å²) >= 11 is 12.9. The molecule has 3 rings (SSSR count). The zero-order chi connectivity index (χ0) is 23.1. The van der Waals surface area contributed by atoms with E-state index in [2.05, 4.69) is 9.89 Å². The van der Waals surface area contributed by atoms with Crippen molar-refractivity contribution in [1.29, 1.82) is 0 Å². The number of allylic oxidation sites excluding steroid dienone is 2. The van der Waals surface area contributed by atoms with Gasteiger partial charge in [0, 0.05) is 52.1 Å². The zero-order valence-corrected chi connectivity index (χ0v) is 19.8. The van der Waals surface area contributed by atoms with Crippen LogP contribution in [0.5, 0.6) is 0 Å². The molecule has 0 aromatic heterocycles. The Bertz CT molecular complexity index is 972. The van der Waals surface area contributed by atoms with Crippen molar-refractivity contribution >= 4 is 53.1 Å². The van der Waals surface area contributed by atoms with Gasteiger partial charge in [-0.05, 0) is 35.9 Å².